The van der Waals surface area contributed by atoms with Crippen molar-refractivity contribution >= 4 is 24.2 Å². The van der Waals surface area contributed by atoms with E-state index in [9.17, 15) is 0 Å². The molecule has 2 heterocycles. The Morgan fingerprint density at radius 2 is 2.38 bits per heavy atom. The van der Waals surface area contributed by atoms with Crippen molar-refractivity contribution in [2.75, 3.05) is 12.4 Å². The van der Waals surface area contributed by atoms with Crippen LogP contribution >= 0.6 is 24.2 Å². The zero-order chi connectivity index (χ0) is 8.39. The molecule has 3 unspecified atom stereocenters. The average molecular weight is 224 g/mol. The highest BCUT2D eigenvalue weighted by Crippen LogP contribution is 2.30. The van der Waals surface area contributed by atoms with Crippen LogP contribution in [0.2, 0.25) is 0 Å². The quantitative estimate of drug-likeness (QED) is 0.774. The molecule has 13 heavy (non-hydrogen) atoms. The lowest BCUT2D eigenvalue weighted by Crippen LogP contribution is -2.30. The lowest BCUT2D eigenvalue weighted by atomic mass is 10.2. The van der Waals surface area contributed by atoms with Gasteiger partial charge in [0.05, 0.1) is 6.61 Å². The number of hydrogen-bond acceptors (Lipinski definition) is 3. The third kappa shape index (κ3) is 3.31. The van der Waals surface area contributed by atoms with Crippen LogP contribution in [0.5, 0.6) is 0 Å². The van der Waals surface area contributed by atoms with E-state index in [0.29, 0.717) is 12.3 Å². The average Bonchev–Trinajstić information content (AvgIpc) is 2.63. The van der Waals surface area contributed by atoms with Crippen molar-refractivity contribution in [1.82, 2.24) is 5.32 Å². The van der Waals surface area contributed by atoms with E-state index in [2.05, 4.69) is 24.0 Å². The topological polar surface area (TPSA) is 21.3 Å². The highest BCUT2D eigenvalue weighted by molar-refractivity contribution is 8.00. The molecule has 1 N–H and O–H groups in total. The van der Waals surface area contributed by atoms with Gasteiger partial charge >= 0.3 is 0 Å². The van der Waals surface area contributed by atoms with Crippen molar-refractivity contribution in [3.05, 3.63) is 0 Å². The molecule has 2 saturated heterocycles. The van der Waals surface area contributed by atoms with Gasteiger partial charge in [-0.05, 0) is 31.9 Å². The Bertz CT molecular complexity index is 153. The molecule has 2 nitrogen and oxygen atoms in total. The number of rotatable bonds is 2. The molecule has 2 fully saturated rings. The Kier molecular flexibility index (Phi) is 4.87. The van der Waals surface area contributed by atoms with Gasteiger partial charge in [0, 0.05) is 11.3 Å². The highest BCUT2D eigenvalue weighted by atomic mass is 35.5. The predicted octanol–water partition coefficient (Wildman–Crippen LogP) is 2.03. The standard InChI is InChI=1S/C9H17NOS.ClH/c1-7-6-11-9(10-7)5-8-3-2-4-12-8;/h7-10H,2-6H2,1H3;1H. The molecule has 2 rings (SSSR count). The normalized spacial score (nSPS) is 39.0. The summed E-state index contributed by atoms with van der Waals surface area (Å²) in [7, 11) is 0. The van der Waals surface area contributed by atoms with Crippen LogP contribution in [0.25, 0.3) is 0 Å². The zero-order valence-corrected chi connectivity index (χ0v) is 9.63. The van der Waals surface area contributed by atoms with Gasteiger partial charge in [-0.3, -0.25) is 5.32 Å². The van der Waals surface area contributed by atoms with E-state index < -0.39 is 0 Å². The lowest BCUT2D eigenvalue weighted by Gasteiger charge is -2.14. The van der Waals surface area contributed by atoms with Gasteiger partial charge in [-0.25, -0.2) is 0 Å². The third-order valence-electron chi connectivity index (χ3n) is 2.52. The van der Waals surface area contributed by atoms with Gasteiger partial charge in [-0.15, -0.1) is 12.4 Å². The molecule has 2 aliphatic rings. The van der Waals surface area contributed by atoms with E-state index in [1.165, 1.54) is 25.0 Å². The van der Waals surface area contributed by atoms with E-state index in [0.717, 1.165) is 11.9 Å². The summed E-state index contributed by atoms with van der Waals surface area (Å²) < 4.78 is 5.60. The molecule has 0 saturated carbocycles. The number of nitrogens with one attached hydrogen (secondary N) is 1. The van der Waals surface area contributed by atoms with E-state index in [1.807, 2.05) is 0 Å². The zero-order valence-electron chi connectivity index (χ0n) is 7.99. The molecule has 0 aliphatic carbocycles. The van der Waals surface area contributed by atoms with E-state index >= 15 is 0 Å². The van der Waals surface area contributed by atoms with Crippen molar-refractivity contribution in [3.8, 4) is 0 Å². The van der Waals surface area contributed by atoms with Crippen LogP contribution in [-0.2, 0) is 4.74 Å². The van der Waals surface area contributed by atoms with E-state index in [4.69, 9.17) is 4.74 Å². The van der Waals surface area contributed by atoms with Gasteiger partial charge in [0.2, 0.25) is 0 Å². The second-order valence-corrected chi connectivity index (χ2v) is 5.17. The molecule has 4 heteroatoms. The van der Waals surface area contributed by atoms with Crippen molar-refractivity contribution in [3.63, 3.8) is 0 Å². The van der Waals surface area contributed by atoms with Gasteiger partial charge in [0.25, 0.3) is 0 Å². The maximum absolute atomic E-state index is 5.60. The molecule has 0 radical (unpaired) electrons. The fourth-order valence-corrected chi connectivity index (χ4v) is 3.19. The molecule has 78 valence electrons. The number of thioether (sulfide) groups is 1. The Morgan fingerprint density at radius 1 is 1.54 bits per heavy atom. The lowest BCUT2D eigenvalue weighted by molar-refractivity contribution is 0.0929. The van der Waals surface area contributed by atoms with Gasteiger partial charge in [0.15, 0.2) is 0 Å². The van der Waals surface area contributed by atoms with Crippen LogP contribution in [0.15, 0.2) is 0 Å². The van der Waals surface area contributed by atoms with Crippen LogP contribution in [0.4, 0.5) is 0 Å². The van der Waals surface area contributed by atoms with Crippen LogP contribution in [0.1, 0.15) is 26.2 Å². The summed E-state index contributed by atoms with van der Waals surface area (Å²) >= 11 is 2.11. The third-order valence-corrected chi connectivity index (χ3v) is 3.94. The number of halogens is 1. The molecular weight excluding hydrogens is 206 g/mol. The minimum atomic E-state index is 0. The summed E-state index contributed by atoms with van der Waals surface area (Å²) in [5.74, 6) is 1.35. The molecule has 0 aromatic heterocycles. The van der Waals surface area contributed by atoms with Crippen molar-refractivity contribution in [2.24, 2.45) is 0 Å². The minimum Gasteiger partial charge on any atom is -0.362 e. The Balaban J connectivity index is 0.000000845. The number of hydrogen-bond donors (Lipinski definition) is 1. The molecule has 0 aromatic rings. The molecule has 2 aliphatic heterocycles. The van der Waals surface area contributed by atoms with Gasteiger partial charge in [-0.1, -0.05) is 0 Å². The summed E-state index contributed by atoms with van der Waals surface area (Å²) in [5, 5.41) is 4.30. The molecule has 0 bridgehead atoms. The second-order valence-electron chi connectivity index (χ2n) is 3.76. The summed E-state index contributed by atoms with van der Waals surface area (Å²) in [6, 6.07) is 0.557. The molecule has 3 atom stereocenters. The fraction of sp³-hybridized carbons (Fsp3) is 1.00. The van der Waals surface area contributed by atoms with Crippen LogP contribution in [0.3, 0.4) is 0 Å². The first kappa shape index (κ1) is 11.6. The first-order valence-corrected chi connectivity index (χ1v) is 5.89. The van der Waals surface area contributed by atoms with Crippen molar-refractivity contribution in [2.45, 2.75) is 43.7 Å². The Labute approximate surface area is 90.6 Å². The summed E-state index contributed by atoms with van der Waals surface area (Å²) in [6.07, 6.45) is 4.34. The van der Waals surface area contributed by atoms with Gasteiger partial charge in [0.1, 0.15) is 6.23 Å². The molecular formula is C9H18ClNOS. The van der Waals surface area contributed by atoms with Crippen molar-refractivity contribution in [1.29, 1.82) is 0 Å². The van der Waals surface area contributed by atoms with Gasteiger partial charge in [-0.2, -0.15) is 11.8 Å². The maximum atomic E-state index is 5.60. The Morgan fingerprint density at radius 3 is 2.92 bits per heavy atom. The van der Waals surface area contributed by atoms with Crippen LogP contribution < -0.4 is 5.32 Å². The summed E-state index contributed by atoms with van der Waals surface area (Å²) in [5.41, 5.74) is 0. The molecule has 0 amide bonds. The summed E-state index contributed by atoms with van der Waals surface area (Å²) in [4.78, 5) is 0. The monoisotopic (exact) mass is 223 g/mol. The maximum Gasteiger partial charge on any atom is 0.109 e. The fourth-order valence-electron chi connectivity index (χ4n) is 1.88. The van der Waals surface area contributed by atoms with Crippen LogP contribution in [-0.4, -0.2) is 29.9 Å². The van der Waals surface area contributed by atoms with E-state index in [1.54, 1.807) is 0 Å². The summed E-state index contributed by atoms with van der Waals surface area (Å²) in [6.45, 7) is 3.07. The largest absolute Gasteiger partial charge is 0.362 e. The SMILES string of the molecule is CC1COC(CC2CCCS2)N1.Cl. The minimum absolute atomic E-state index is 0. The van der Waals surface area contributed by atoms with E-state index in [-0.39, 0.29) is 12.4 Å². The predicted molar refractivity (Wildman–Crippen MR) is 59.7 cm³/mol. The molecule has 0 aromatic carbocycles. The number of ether oxygens (including phenoxy) is 1. The first-order valence-electron chi connectivity index (χ1n) is 4.84. The van der Waals surface area contributed by atoms with Crippen molar-refractivity contribution < 1.29 is 4.74 Å². The highest BCUT2D eigenvalue weighted by Gasteiger charge is 2.25. The van der Waals surface area contributed by atoms with Crippen LogP contribution in [0, 0.1) is 0 Å². The molecule has 0 spiro atoms. The second kappa shape index (κ2) is 5.44. The van der Waals surface area contributed by atoms with Gasteiger partial charge < -0.3 is 4.74 Å². The smallest absolute Gasteiger partial charge is 0.109 e. The Hall–Kier alpha value is 0.560. The first-order chi connectivity index (χ1) is 5.84.